The first kappa shape index (κ1) is 19.6. The number of anilines is 1. The van der Waals surface area contributed by atoms with Gasteiger partial charge in [-0.2, -0.15) is 0 Å². The van der Waals surface area contributed by atoms with Gasteiger partial charge in [0, 0.05) is 27.5 Å². The van der Waals surface area contributed by atoms with Crippen molar-refractivity contribution < 1.29 is 8.42 Å². The molecule has 0 atom stereocenters. The number of thioether (sulfide) groups is 1. The van der Waals surface area contributed by atoms with E-state index in [1.54, 1.807) is 6.07 Å². The Kier molecular flexibility index (Phi) is 5.37. The molecule has 0 amide bonds. The van der Waals surface area contributed by atoms with Gasteiger partial charge in [0.25, 0.3) is 0 Å². The van der Waals surface area contributed by atoms with Crippen LogP contribution in [0, 0.1) is 6.92 Å². The van der Waals surface area contributed by atoms with Gasteiger partial charge < -0.3 is 0 Å². The molecule has 3 aromatic rings. The highest BCUT2D eigenvalue weighted by molar-refractivity contribution is 7.98. The van der Waals surface area contributed by atoms with E-state index in [0.29, 0.717) is 5.69 Å². The normalized spacial score (nSPS) is 13.0. The van der Waals surface area contributed by atoms with Crippen LogP contribution in [0.3, 0.4) is 0 Å². The summed E-state index contributed by atoms with van der Waals surface area (Å²) in [5, 5.41) is 0. The molecule has 1 aliphatic heterocycles. The van der Waals surface area contributed by atoms with Crippen LogP contribution in [0.2, 0.25) is 0 Å². The first-order chi connectivity index (χ1) is 13.9. The molecule has 0 bridgehead atoms. The molecule has 29 heavy (non-hydrogen) atoms. The third-order valence-electron chi connectivity index (χ3n) is 4.71. The van der Waals surface area contributed by atoms with Crippen LogP contribution >= 0.6 is 11.8 Å². The number of nitrogens with one attached hydrogen (secondary N) is 1. The molecular formula is C24H21NO2S2. The summed E-state index contributed by atoms with van der Waals surface area (Å²) in [6.07, 6.45) is 3.07. The second-order valence-corrected chi connectivity index (χ2v) is 9.79. The average Bonchev–Trinajstić information content (AvgIpc) is 2.83. The van der Waals surface area contributed by atoms with Crippen LogP contribution in [0.25, 0.3) is 11.6 Å². The molecule has 146 valence electrons. The van der Waals surface area contributed by atoms with E-state index in [9.17, 15) is 8.42 Å². The molecule has 0 aliphatic carbocycles. The molecule has 0 saturated carbocycles. The maximum atomic E-state index is 11.5. The first-order valence-corrected chi connectivity index (χ1v) is 12.1. The molecular weight excluding hydrogens is 398 g/mol. The third-order valence-corrected chi connectivity index (χ3v) is 6.61. The van der Waals surface area contributed by atoms with Crippen LogP contribution in [0.15, 0.2) is 77.4 Å². The van der Waals surface area contributed by atoms with Gasteiger partial charge in [0.15, 0.2) is 0 Å². The fourth-order valence-corrected chi connectivity index (χ4v) is 5.17. The Hall–Kier alpha value is -2.72. The van der Waals surface area contributed by atoms with Crippen molar-refractivity contribution in [3.63, 3.8) is 0 Å². The second-order valence-electron chi connectivity index (χ2n) is 7.06. The molecule has 0 aromatic heterocycles. The quantitative estimate of drug-likeness (QED) is 0.553. The van der Waals surface area contributed by atoms with Crippen molar-refractivity contribution in [3.8, 4) is 0 Å². The van der Waals surface area contributed by atoms with Gasteiger partial charge in [0.1, 0.15) is 0 Å². The van der Waals surface area contributed by atoms with E-state index in [0.717, 1.165) is 23.1 Å². The molecule has 1 aliphatic rings. The van der Waals surface area contributed by atoms with E-state index in [1.807, 2.05) is 36.0 Å². The minimum atomic E-state index is -3.31. The Morgan fingerprint density at radius 3 is 2.59 bits per heavy atom. The van der Waals surface area contributed by atoms with Gasteiger partial charge in [-0.1, -0.05) is 54.6 Å². The zero-order chi connectivity index (χ0) is 20.4. The van der Waals surface area contributed by atoms with Crippen LogP contribution in [-0.4, -0.2) is 14.7 Å². The van der Waals surface area contributed by atoms with Gasteiger partial charge in [-0.25, -0.2) is 8.42 Å². The van der Waals surface area contributed by atoms with Gasteiger partial charge in [-0.3, -0.25) is 4.72 Å². The van der Waals surface area contributed by atoms with Crippen molar-refractivity contribution in [1.29, 1.82) is 0 Å². The summed E-state index contributed by atoms with van der Waals surface area (Å²) in [5.41, 5.74) is 10.9. The Bertz CT molecular complexity index is 1250. The number of aryl methyl sites for hydroxylation is 1. The topological polar surface area (TPSA) is 46.2 Å². The summed E-state index contributed by atoms with van der Waals surface area (Å²) < 4.78 is 25.6. The predicted molar refractivity (Wildman–Crippen MR) is 123 cm³/mol. The zero-order valence-electron chi connectivity index (χ0n) is 16.3. The molecule has 0 saturated heterocycles. The standard InChI is InChI=1S/C24H21NO2S2/c1-17-7-5-12-23-22(21-11-4-3-9-19(21)16-28-24(17)23)14-13-18-8-6-10-20(15-18)25-29(2,26)27/h3-13,15,25H,16H2,1-2H3. The number of fused-ring (bicyclic) bond motifs is 2. The van der Waals surface area contributed by atoms with Crippen LogP contribution < -0.4 is 4.72 Å². The van der Waals surface area contributed by atoms with Crippen LogP contribution in [0.5, 0.6) is 0 Å². The summed E-state index contributed by atoms with van der Waals surface area (Å²) in [4.78, 5) is 1.28. The number of sulfonamides is 1. The molecule has 0 spiro atoms. The number of rotatable bonds is 3. The van der Waals surface area contributed by atoms with Gasteiger partial charge in [0.2, 0.25) is 10.0 Å². The number of hydrogen-bond donors (Lipinski definition) is 1. The Labute approximate surface area is 176 Å². The van der Waals surface area contributed by atoms with Crippen LogP contribution in [0.4, 0.5) is 5.69 Å². The molecule has 0 fully saturated rings. The molecule has 0 unspecified atom stereocenters. The number of benzene rings is 3. The molecule has 4 rings (SSSR count). The molecule has 5 heteroatoms. The van der Waals surface area contributed by atoms with Crippen molar-refractivity contribution in [2.24, 2.45) is 0 Å². The van der Waals surface area contributed by atoms with E-state index in [1.165, 1.54) is 27.1 Å². The minimum absolute atomic E-state index is 0.543. The van der Waals surface area contributed by atoms with E-state index < -0.39 is 10.0 Å². The number of hydrogen-bond acceptors (Lipinski definition) is 3. The summed E-state index contributed by atoms with van der Waals surface area (Å²) >= 11 is 1.86. The maximum Gasteiger partial charge on any atom is 0.229 e. The fraction of sp³-hybridized carbons (Fsp3) is 0.125. The third kappa shape index (κ3) is 4.48. The lowest BCUT2D eigenvalue weighted by atomic mass is 9.94. The van der Waals surface area contributed by atoms with E-state index in [-0.39, 0.29) is 0 Å². The highest BCUT2D eigenvalue weighted by atomic mass is 32.2. The van der Waals surface area contributed by atoms with Crippen molar-refractivity contribution >= 4 is 39.1 Å². The second kappa shape index (κ2) is 7.96. The first-order valence-electron chi connectivity index (χ1n) is 9.26. The molecule has 0 radical (unpaired) electrons. The predicted octanol–water partition coefficient (Wildman–Crippen LogP) is 5.72. The van der Waals surface area contributed by atoms with Gasteiger partial charge in [-0.05, 0) is 47.4 Å². The van der Waals surface area contributed by atoms with Crippen LogP contribution in [0.1, 0.15) is 27.8 Å². The van der Waals surface area contributed by atoms with Gasteiger partial charge in [-0.15, -0.1) is 17.5 Å². The van der Waals surface area contributed by atoms with Gasteiger partial charge >= 0.3 is 0 Å². The Morgan fingerprint density at radius 1 is 1.00 bits per heavy atom. The minimum Gasteiger partial charge on any atom is -0.284 e. The molecule has 1 heterocycles. The summed E-state index contributed by atoms with van der Waals surface area (Å²) in [6.45, 7) is 2.14. The monoisotopic (exact) mass is 419 g/mol. The van der Waals surface area contributed by atoms with Gasteiger partial charge in [0.05, 0.1) is 6.26 Å². The van der Waals surface area contributed by atoms with Crippen molar-refractivity contribution in [2.75, 3.05) is 11.0 Å². The maximum absolute atomic E-state index is 11.5. The van der Waals surface area contributed by atoms with Crippen molar-refractivity contribution in [1.82, 2.24) is 0 Å². The highest BCUT2D eigenvalue weighted by Crippen LogP contribution is 2.41. The van der Waals surface area contributed by atoms with E-state index in [4.69, 9.17) is 0 Å². The lowest BCUT2D eigenvalue weighted by molar-refractivity contribution is 0.607. The van der Waals surface area contributed by atoms with Crippen LogP contribution in [-0.2, 0) is 15.8 Å². The smallest absolute Gasteiger partial charge is 0.229 e. The zero-order valence-corrected chi connectivity index (χ0v) is 17.9. The summed E-state index contributed by atoms with van der Waals surface area (Å²) in [6, 6.07) is 22.1. The Balaban J connectivity index is 1.87. The SMILES string of the molecule is Cc1cccc2c1SCc1ccccc1C2=C=Cc1cccc(NS(C)(=O)=O)c1. The molecule has 3 aromatic carbocycles. The molecule has 1 N–H and O–H groups in total. The lowest BCUT2D eigenvalue weighted by Crippen LogP contribution is -2.09. The highest BCUT2D eigenvalue weighted by Gasteiger charge is 2.19. The largest absolute Gasteiger partial charge is 0.284 e. The van der Waals surface area contributed by atoms with E-state index in [2.05, 4.69) is 59.8 Å². The molecule has 3 nitrogen and oxygen atoms in total. The van der Waals surface area contributed by atoms with Crippen molar-refractivity contribution in [2.45, 2.75) is 17.6 Å². The lowest BCUT2D eigenvalue weighted by Gasteiger charge is -2.10. The summed E-state index contributed by atoms with van der Waals surface area (Å²) in [5.74, 6) is 0.924. The average molecular weight is 420 g/mol. The Morgan fingerprint density at radius 2 is 1.76 bits per heavy atom. The van der Waals surface area contributed by atoms with Crippen molar-refractivity contribution in [3.05, 3.63) is 100 Å². The summed E-state index contributed by atoms with van der Waals surface area (Å²) in [7, 11) is -3.31. The van der Waals surface area contributed by atoms with E-state index >= 15 is 0 Å². The fourth-order valence-electron chi connectivity index (χ4n) is 3.44.